The van der Waals surface area contributed by atoms with Gasteiger partial charge in [-0.05, 0) is 13.0 Å². The number of hydrogen-bond donors (Lipinski definition) is 0. The monoisotopic (exact) mass is 170 g/mol. The Kier molecular flexibility index (Phi) is 2.00. The van der Waals surface area contributed by atoms with Crippen LogP contribution in [0.15, 0.2) is 30.5 Å². The molecule has 0 saturated carbocycles. The molecular weight excluding hydrogens is 162 g/mol. The van der Waals surface area contributed by atoms with Crippen LogP contribution in [0, 0.1) is 13.0 Å². The molecule has 1 heterocycles. The Morgan fingerprint density at radius 2 is 1.92 bits per heavy atom. The molecule has 0 aliphatic carbocycles. The first-order chi connectivity index (χ1) is 6.36. The van der Waals surface area contributed by atoms with Gasteiger partial charge in [-0.3, -0.25) is 0 Å². The van der Waals surface area contributed by atoms with Gasteiger partial charge in [-0.1, -0.05) is 24.3 Å². The van der Waals surface area contributed by atoms with Gasteiger partial charge in [0, 0.05) is 5.56 Å². The fourth-order valence-corrected chi connectivity index (χ4v) is 1.02. The van der Waals surface area contributed by atoms with Crippen molar-refractivity contribution in [1.29, 1.82) is 0 Å². The topological polar surface area (TPSA) is 38.7 Å². The zero-order valence-corrected chi connectivity index (χ0v) is 7.23. The van der Waals surface area contributed by atoms with Crippen LogP contribution in [-0.4, -0.2) is 15.2 Å². The highest BCUT2D eigenvalue weighted by Gasteiger charge is 1.97. The van der Waals surface area contributed by atoms with Crippen LogP contribution >= 0.6 is 0 Å². The molecule has 13 heavy (non-hydrogen) atoms. The highest BCUT2D eigenvalue weighted by Crippen LogP contribution is 2.12. The SMILES string of the molecule is Cc1ncc(-c2cc[c]cc2)nn1. The second-order valence-electron chi connectivity index (χ2n) is 2.68. The second kappa shape index (κ2) is 3.31. The summed E-state index contributed by atoms with van der Waals surface area (Å²) in [4.78, 5) is 4.07. The Hall–Kier alpha value is -1.77. The quantitative estimate of drug-likeness (QED) is 0.653. The maximum Gasteiger partial charge on any atom is 0.147 e. The molecule has 1 aromatic heterocycles. The van der Waals surface area contributed by atoms with E-state index in [0.29, 0.717) is 5.82 Å². The van der Waals surface area contributed by atoms with Gasteiger partial charge in [0.2, 0.25) is 0 Å². The largest absolute Gasteiger partial charge is 0.237 e. The molecule has 2 aromatic rings. The first-order valence-electron chi connectivity index (χ1n) is 3.99. The van der Waals surface area contributed by atoms with Gasteiger partial charge in [0.1, 0.15) is 11.5 Å². The van der Waals surface area contributed by atoms with E-state index in [9.17, 15) is 0 Å². The summed E-state index contributed by atoms with van der Waals surface area (Å²) in [6.07, 6.45) is 1.72. The molecule has 1 radical (unpaired) electrons. The van der Waals surface area contributed by atoms with Crippen molar-refractivity contribution in [3.8, 4) is 11.3 Å². The van der Waals surface area contributed by atoms with Crippen molar-refractivity contribution in [3.63, 3.8) is 0 Å². The molecule has 63 valence electrons. The molecule has 0 spiro atoms. The lowest BCUT2D eigenvalue weighted by Crippen LogP contribution is -1.92. The molecule has 0 amide bonds. The zero-order chi connectivity index (χ0) is 9.10. The number of hydrogen-bond acceptors (Lipinski definition) is 3. The maximum atomic E-state index is 4.07. The molecule has 0 fully saturated rings. The van der Waals surface area contributed by atoms with Gasteiger partial charge in [-0.2, -0.15) is 0 Å². The number of nitrogens with zero attached hydrogens (tertiary/aromatic N) is 3. The predicted molar refractivity (Wildman–Crippen MR) is 48.8 cm³/mol. The van der Waals surface area contributed by atoms with E-state index in [1.165, 1.54) is 0 Å². The fourth-order valence-electron chi connectivity index (χ4n) is 1.02. The standard InChI is InChI=1S/C10H8N3/c1-8-11-7-10(13-12-8)9-5-3-2-4-6-9/h3-7H,1H3. The molecule has 0 unspecified atom stereocenters. The molecule has 0 N–H and O–H groups in total. The van der Waals surface area contributed by atoms with Crippen LogP contribution in [0.5, 0.6) is 0 Å². The van der Waals surface area contributed by atoms with E-state index in [1.807, 2.05) is 31.2 Å². The zero-order valence-electron chi connectivity index (χ0n) is 7.23. The number of aryl methyl sites for hydroxylation is 1. The minimum atomic E-state index is 0.686. The van der Waals surface area contributed by atoms with E-state index in [1.54, 1.807) is 6.20 Å². The summed E-state index contributed by atoms with van der Waals surface area (Å²) in [6.45, 7) is 1.82. The van der Waals surface area contributed by atoms with Gasteiger partial charge < -0.3 is 0 Å². The summed E-state index contributed by atoms with van der Waals surface area (Å²) in [5, 5.41) is 7.91. The average molecular weight is 170 g/mol. The van der Waals surface area contributed by atoms with Crippen LogP contribution < -0.4 is 0 Å². The van der Waals surface area contributed by atoms with Crippen molar-refractivity contribution in [3.05, 3.63) is 42.4 Å². The summed E-state index contributed by atoms with van der Waals surface area (Å²) in [6, 6.07) is 10.5. The molecule has 0 bridgehead atoms. The van der Waals surface area contributed by atoms with E-state index in [0.717, 1.165) is 11.3 Å². The van der Waals surface area contributed by atoms with E-state index in [4.69, 9.17) is 0 Å². The molecule has 3 nitrogen and oxygen atoms in total. The van der Waals surface area contributed by atoms with Gasteiger partial charge in [-0.25, -0.2) is 4.98 Å². The van der Waals surface area contributed by atoms with E-state index >= 15 is 0 Å². The lowest BCUT2D eigenvalue weighted by molar-refractivity contribution is 0.914. The van der Waals surface area contributed by atoms with Gasteiger partial charge in [-0.15, -0.1) is 10.2 Å². The first-order valence-corrected chi connectivity index (χ1v) is 3.99. The van der Waals surface area contributed by atoms with E-state index in [2.05, 4.69) is 21.2 Å². The van der Waals surface area contributed by atoms with E-state index in [-0.39, 0.29) is 0 Å². The molecule has 0 aliphatic heterocycles. The van der Waals surface area contributed by atoms with Crippen LogP contribution in [0.2, 0.25) is 0 Å². The van der Waals surface area contributed by atoms with Crippen LogP contribution in [0.3, 0.4) is 0 Å². The van der Waals surface area contributed by atoms with Gasteiger partial charge in [0.05, 0.1) is 6.20 Å². The minimum absolute atomic E-state index is 0.686. The number of rotatable bonds is 1. The molecular formula is C10H8N3. The van der Waals surface area contributed by atoms with Crippen LogP contribution in [0.1, 0.15) is 5.82 Å². The number of benzene rings is 1. The minimum Gasteiger partial charge on any atom is -0.237 e. The molecule has 0 aliphatic rings. The van der Waals surface area contributed by atoms with Gasteiger partial charge in [0.15, 0.2) is 0 Å². The molecule has 0 saturated heterocycles. The fraction of sp³-hybridized carbons (Fsp3) is 0.100. The second-order valence-corrected chi connectivity index (χ2v) is 2.68. The highest BCUT2D eigenvalue weighted by atomic mass is 15.1. The highest BCUT2D eigenvalue weighted by molar-refractivity contribution is 5.56. The third kappa shape index (κ3) is 1.69. The Labute approximate surface area is 76.5 Å². The van der Waals surface area contributed by atoms with Crippen molar-refractivity contribution in [1.82, 2.24) is 15.2 Å². The molecule has 1 aromatic carbocycles. The lowest BCUT2D eigenvalue weighted by atomic mass is 10.2. The van der Waals surface area contributed by atoms with Crippen LogP contribution in [-0.2, 0) is 0 Å². The summed E-state index contributed by atoms with van der Waals surface area (Å²) in [5.74, 6) is 0.686. The summed E-state index contributed by atoms with van der Waals surface area (Å²) in [5.41, 5.74) is 1.80. The van der Waals surface area contributed by atoms with Gasteiger partial charge >= 0.3 is 0 Å². The van der Waals surface area contributed by atoms with Crippen molar-refractivity contribution < 1.29 is 0 Å². The van der Waals surface area contributed by atoms with Crippen molar-refractivity contribution >= 4 is 0 Å². The van der Waals surface area contributed by atoms with Crippen LogP contribution in [0.4, 0.5) is 0 Å². The smallest absolute Gasteiger partial charge is 0.147 e. The summed E-state index contributed by atoms with van der Waals surface area (Å²) in [7, 11) is 0. The average Bonchev–Trinajstić information content (AvgIpc) is 2.20. The van der Waals surface area contributed by atoms with Crippen molar-refractivity contribution in [2.75, 3.05) is 0 Å². The Bertz CT molecular complexity index is 381. The Morgan fingerprint density at radius 1 is 1.15 bits per heavy atom. The number of aromatic nitrogens is 3. The van der Waals surface area contributed by atoms with Gasteiger partial charge in [0.25, 0.3) is 0 Å². The Balaban J connectivity index is 2.42. The van der Waals surface area contributed by atoms with Crippen molar-refractivity contribution in [2.24, 2.45) is 0 Å². The normalized spacial score (nSPS) is 9.92. The summed E-state index contributed by atoms with van der Waals surface area (Å²) < 4.78 is 0. The first kappa shape index (κ1) is 7.86. The third-order valence-corrected chi connectivity index (χ3v) is 1.69. The van der Waals surface area contributed by atoms with E-state index < -0.39 is 0 Å². The van der Waals surface area contributed by atoms with Crippen LogP contribution in [0.25, 0.3) is 11.3 Å². The third-order valence-electron chi connectivity index (χ3n) is 1.69. The van der Waals surface area contributed by atoms with Crippen molar-refractivity contribution in [2.45, 2.75) is 6.92 Å². The molecule has 2 rings (SSSR count). The Morgan fingerprint density at radius 3 is 2.54 bits per heavy atom. The molecule has 3 heteroatoms. The lowest BCUT2D eigenvalue weighted by Gasteiger charge is -1.97. The molecule has 0 atom stereocenters. The summed E-state index contributed by atoms with van der Waals surface area (Å²) >= 11 is 0. The predicted octanol–water partition coefficient (Wildman–Crippen LogP) is 1.65. The maximum absolute atomic E-state index is 4.07.